The smallest absolute Gasteiger partial charge is 0.255 e. The van der Waals surface area contributed by atoms with Gasteiger partial charge in [0.15, 0.2) is 11.5 Å². The quantitative estimate of drug-likeness (QED) is 0.474. The summed E-state index contributed by atoms with van der Waals surface area (Å²) in [6, 6.07) is 23.2. The molecule has 0 saturated heterocycles. The highest BCUT2D eigenvalue weighted by molar-refractivity contribution is 8.13. The number of anilines is 1. The van der Waals surface area contributed by atoms with Crippen LogP contribution in [0.25, 0.3) is 11.1 Å². The number of nitrogens with two attached hydrogens (primary N) is 1. The molecule has 1 aliphatic rings. The van der Waals surface area contributed by atoms with Crippen molar-refractivity contribution in [2.75, 3.05) is 12.4 Å². The second-order valence-corrected chi connectivity index (χ2v) is 7.84. The molecule has 0 aromatic heterocycles. The predicted octanol–water partition coefficient (Wildman–Crippen LogP) is 3.55. The molecule has 0 saturated carbocycles. The highest BCUT2D eigenvalue weighted by Gasteiger charge is 2.13. The van der Waals surface area contributed by atoms with Crippen molar-refractivity contribution < 1.29 is 9.53 Å². The summed E-state index contributed by atoms with van der Waals surface area (Å²) in [6.45, 7) is 0. The van der Waals surface area contributed by atoms with Crippen LogP contribution in [0.15, 0.2) is 77.8 Å². The van der Waals surface area contributed by atoms with E-state index in [2.05, 4.69) is 21.2 Å². The van der Waals surface area contributed by atoms with E-state index < -0.39 is 6.29 Å². The Morgan fingerprint density at radius 1 is 1.13 bits per heavy atom. The molecule has 0 spiro atoms. The molecule has 7 nitrogen and oxygen atoms in total. The van der Waals surface area contributed by atoms with Gasteiger partial charge in [0.25, 0.3) is 5.91 Å². The molecule has 1 aliphatic heterocycles. The number of hydrazine groups is 1. The number of aliphatic imine (C=N–C) groups is 1. The van der Waals surface area contributed by atoms with Gasteiger partial charge in [-0.15, -0.1) is 0 Å². The van der Waals surface area contributed by atoms with Crippen molar-refractivity contribution in [3.63, 3.8) is 0 Å². The summed E-state index contributed by atoms with van der Waals surface area (Å²) in [4.78, 5) is 17.0. The van der Waals surface area contributed by atoms with Crippen molar-refractivity contribution in [3.05, 3.63) is 83.9 Å². The van der Waals surface area contributed by atoms with Crippen molar-refractivity contribution in [1.29, 1.82) is 0 Å². The number of amidine groups is 1. The van der Waals surface area contributed by atoms with Crippen LogP contribution in [0.4, 0.5) is 5.69 Å². The van der Waals surface area contributed by atoms with E-state index in [1.807, 2.05) is 66.7 Å². The first kappa shape index (κ1) is 20.9. The standard InChI is InChI=1S/C23H23N5O2S/c1-30-20-13-18(10-11-19(20)16-7-3-2-4-8-16)25-21(29)17-9-5-6-15(12-17)14-31-23-26-22(24)27-28-23/h2-13,22,27H,14,24H2,1H3,(H,25,29)(H,26,28). The predicted molar refractivity (Wildman–Crippen MR) is 126 cm³/mol. The van der Waals surface area contributed by atoms with Gasteiger partial charge in [-0.1, -0.05) is 54.2 Å². The number of ether oxygens (including phenoxy) is 1. The third-order valence-electron chi connectivity index (χ3n) is 4.69. The van der Waals surface area contributed by atoms with Crippen LogP contribution in [0, 0.1) is 0 Å². The number of hydrogen-bond donors (Lipinski definition) is 4. The van der Waals surface area contributed by atoms with Crippen LogP contribution < -0.4 is 26.6 Å². The van der Waals surface area contributed by atoms with Crippen LogP contribution in [0.2, 0.25) is 0 Å². The molecule has 0 aliphatic carbocycles. The minimum atomic E-state index is -0.426. The van der Waals surface area contributed by atoms with E-state index in [0.29, 0.717) is 22.8 Å². The Bertz CT molecular complexity index is 1100. The van der Waals surface area contributed by atoms with E-state index in [1.165, 1.54) is 11.8 Å². The number of nitrogens with zero attached hydrogens (tertiary/aromatic N) is 1. The molecular formula is C23H23N5O2S. The van der Waals surface area contributed by atoms with Gasteiger partial charge >= 0.3 is 0 Å². The van der Waals surface area contributed by atoms with Gasteiger partial charge in [-0.3, -0.25) is 16.0 Å². The van der Waals surface area contributed by atoms with Crippen molar-refractivity contribution in [2.45, 2.75) is 12.0 Å². The van der Waals surface area contributed by atoms with Gasteiger partial charge in [-0.2, -0.15) is 5.43 Å². The molecule has 1 atom stereocenters. The summed E-state index contributed by atoms with van der Waals surface area (Å²) < 4.78 is 5.55. The van der Waals surface area contributed by atoms with Gasteiger partial charge in [0.2, 0.25) is 0 Å². The van der Waals surface area contributed by atoms with Gasteiger partial charge < -0.3 is 10.1 Å². The topological polar surface area (TPSA) is 101 Å². The first-order valence-corrected chi connectivity index (χ1v) is 10.7. The molecule has 158 valence electrons. The average Bonchev–Trinajstić information content (AvgIpc) is 3.23. The van der Waals surface area contributed by atoms with E-state index in [-0.39, 0.29) is 5.91 Å². The summed E-state index contributed by atoms with van der Waals surface area (Å²) in [6.07, 6.45) is -0.426. The maximum absolute atomic E-state index is 12.8. The highest BCUT2D eigenvalue weighted by atomic mass is 32.2. The van der Waals surface area contributed by atoms with E-state index in [0.717, 1.165) is 21.9 Å². The minimum absolute atomic E-state index is 0.179. The number of carbonyl (C=O) groups excluding carboxylic acids is 1. The first-order valence-electron chi connectivity index (χ1n) is 9.74. The molecule has 4 rings (SSSR count). The van der Waals surface area contributed by atoms with Crippen molar-refractivity contribution >= 4 is 28.5 Å². The molecule has 3 aromatic rings. The fourth-order valence-corrected chi connectivity index (χ4v) is 3.98. The lowest BCUT2D eigenvalue weighted by molar-refractivity contribution is 0.102. The fourth-order valence-electron chi connectivity index (χ4n) is 3.18. The summed E-state index contributed by atoms with van der Waals surface area (Å²) in [5.74, 6) is 1.19. The van der Waals surface area contributed by atoms with E-state index in [1.54, 1.807) is 13.2 Å². The number of thioether (sulfide) groups is 1. The Balaban J connectivity index is 1.45. The van der Waals surface area contributed by atoms with Crippen molar-refractivity contribution in [1.82, 2.24) is 10.9 Å². The van der Waals surface area contributed by atoms with Gasteiger partial charge in [0, 0.05) is 28.6 Å². The van der Waals surface area contributed by atoms with E-state index in [4.69, 9.17) is 10.5 Å². The Labute approximate surface area is 185 Å². The molecule has 5 N–H and O–H groups in total. The Kier molecular flexibility index (Phi) is 6.51. The zero-order valence-electron chi connectivity index (χ0n) is 17.0. The summed E-state index contributed by atoms with van der Waals surface area (Å²) >= 11 is 1.52. The molecule has 31 heavy (non-hydrogen) atoms. The van der Waals surface area contributed by atoms with Crippen LogP contribution in [0.3, 0.4) is 0 Å². The second-order valence-electron chi connectivity index (χ2n) is 6.87. The molecule has 1 unspecified atom stereocenters. The zero-order valence-corrected chi connectivity index (χ0v) is 17.8. The normalized spacial score (nSPS) is 15.2. The van der Waals surface area contributed by atoms with E-state index >= 15 is 0 Å². The zero-order chi connectivity index (χ0) is 21.6. The van der Waals surface area contributed by atoms with Crippen LogP contribution in [-0.4, -0.2) is 24.5 Å². The number of rotatable bonds is 6. The minimum Gasteiger partial charge on any atom is -0.496 e. The number of hydrogen-bond acceptors (Lipinski definition) is 7. The van der Waals surface area contributed by atoms with Crippen molar-refractivity contribution in [2.24, 2.45) is 10.7 Å². The first-order chi connectivity index (χ1) is 15.1. The number of amides is 1. The monoisotopic (exact) mass is 433 g/mol. The lowest BCUT2D eigenvalue weighted by atomic mass is 10.0. The maximum Gasteiger partial charge on any atom is 0.255 e. The van der Waals surface area contributed by atoms with Gasteiger partial charge in [-0.25, -0.2) is 4.99 Å². The molecule has 1 amide bonds. The fraction of sp³-hybridized carbons (Fsp3) is 0.130. The molecule has 1 heterocycles. The molecule has 3 aromatic carbocycles. The van der Waals surface area contributed by atoms with Gasteiger partial charge in [-0.05, 0) is 35.4 Å². The average molecular weight is 434 g/mol. The molecule has 0 fully saturated rings. The highest BCUT2D eigenvalue weighted by Crippen LogP contribution is 2.32. The van der Waals surface area contributed by atoms with Gasteiger partial charge in [0.1, 0.15) is 5.75 Å². The molecule has 0 radical (unpaired) electrons. The lowest BCUT2D eigenvalue weighted by Crippen LogP contribution is -2.38. The number of methoxy groups -OCH3 is 1. The number of carbonyl (C=O) groups is 1. The second kappa shape index (κ2) is 9.65. The molecule has 0 bridgehead atoms. The third-order valence-corrected chi connectivity index (χ3v) is 5.65. The van der Waals surface area contributed by atoms with Crippen molar-refractivity contribution in [3.8, 4) is 16.9 Å². The van der Waals surface area contributed by atoms with E-state index in [9.17, 15) is 4.79 Å². The van der Waals surface area contributed by atoms with Gasteiger partial charge in [0.05, 0.1) is 7.11 Å². The largest absolute Gasteiger partial charge is 0.496 e. The third kappa shape index (κ3) is 5.24. The summed E-state index contributed by atoms with van der Waals surface area (Å²) in [5.41, 5.74) is 15.7. The van der Waals surface area contributed by atoms with Crippen LogP contribution in [0.5, 0.6) is 5.75 Å². The van der Waals surface area contributed by atoms with Crippen LogP contribution >= 0.6 is 11.8 Å². The summed E-state index contributed by atoms with van der Waals surface area (Å²) in [5, 5.41) is 3.68. The Morgan fingerprint density at radius 3 is 2.71 bits per heavy atom. The van der Waals surface area contributed by atoms with Crippen LogP contribution in [-0.2, 0) is 5.75 Å². The Hall–Kier alpha value is -3.33. The number of nitrogens with one attached hydrogen (secondary N) is 3. The van der Waals surface area contributed by atoms with Crippen LogP contribution in [0.1, 0.15) is 15.9 Å². The molecular weight excluding hydrogens is 410 g/mol. The Morgan fingerprint density at radius 2 is 1.97 bits per heavy atom. The lowest BCUT2D eigenvalue weighted by Gasteiger charge is -2.12. The SMILES string of the molecule is COc1cc(NC(=O)c2cccc(CSC3=NC(N)NN3)c2)ccc1-c1ccccc1. The number of benzene rings is 3. The maximum atomic E-state index is 12.8. The molecule has 8 heteroatoms. The summed E-state index contributed by atoms with van der Waals surface area (Å²) in [7, 11) is 1.63.